The second kappa shape index (κ2) is 6.01. The molecule has 0 saturated carbocycles. The molecule has 1 aromatic heterocycles. The number of imidazole rings is 1. The molecule has 1 aliphatic heterocycles. The summed E-state index contributed by atoms with van der Waals surface area (Å²) in [6.07, 6.45) is 8.44. The third-order valence-corrected chi connectivity index (χ3v) is 3.26. The molecule has 0 spiro atoms. The smallest absolute Gasteiger partial charge is 0.0946 e. The van der Waals surface area contributed by atoms with E-state index in [2.05, 4.69) is 26.8 Å². The van der Waals surface area contributed by atoms with Gasteiger partial charge in [0.2, 0.25) is 0 Å². The van der Waals surface area contributed by atoms with Gasteiger partial charge in [0.15, 0.2) is 0 Å². The molecular weight excluding hydrogens is 200 g/mol. The Morgan fingerprint density at radius 1 is 1.50 bits per heavy atom. The Morgan fingerprint density at radius 2 is 2.44 bits per heavy atom. The van der Waals surface area contributed by atoms with E-state index in [0.717, 1.165) is 25.6 Å². The topological polar surface area (TPSA) is 33.1 Å². The molecule has 1 fully saturated rings. The van der Waals surface area contributed by atoms with Crippen molar-refractivity contribution >= 4 is 0 Å². The zero-order valence-corrected chi connectivity index (χ0v) is 10.1. The number of hydrogen-bond acceptors (Lipinski definition) is 3. The van der Waals surface area contributed by atoms with Gasteiger partial charge in [0.05, 0.1) is 6.33 Å². The van der Waals surface area contributed by atoms with Crippen LogP contribution in [-0.2, 0) is 6.54 Å². The second-order valence-electron chi connectivity index (χ2n) is 4.78. The van der Waals surface area contributed by atoms with Crippen LogP contribution in [0.25, 0.3) is 0 Å². The van der Waals surface area contributed by atoms with Crippen LogP contribution in [0.15, 0.2) is 18.7 Å². The molecule has 4 nitrogen and oxygen atoms in total. The molecule has 1 aliphatic rings. The first-order valence-corrected chi connectivity index (χ1v) is 6.19. The number of likely N-dealkylation sites (tertiary alicyclic amines) is 1. The minimum Gasteiger partial charge on any atom is -0.336 e. The maximum absolute atomic E-state index is 4.03. The fourth-order valence-corrected chi connectivity index (χ4v) is 2.37. The number of rotatable bonds is 5. The van der Waals surface area contributed by atoms with Gasteiger partial charge < -0.3 is 14.8 Å². The Kier molecular flexibility index (Phi) is 4.36. The second-order valence-corrected chi connectivity index (χ2v) is 4.78. The van der Waals surface area contributed by atoms with E-state index >= 15 is 0 Å². The van der Waals surface area contributed by atoms with Crippen molar-refractivity contribution in [3.05, 3.63) is 18.7 Å². The number of piperidine rings is 1. The van der Waals surface area contributed by atoms with Crippen LogP contribution < -0.4 is 5.32 Å². The minimum atomic E-state index is 0.835. The van der Waals surface area contributed by atoms with E-state index in [-0.39, 0.29) is 0 Å². The summed E-state index contributed by atoms with van der Waals surface area (Å²) in [5.74, 6) is 0.835. The van der Waals surface area contributed by atoms with E-state index in [9.17, 15) is 0 Å². The standard InChI is InChI=1S/C12H22N4/c1-15-6-2-3-12(10-15)9-13-4-7-16-8-5-14-11-16/h5,8,11-13H,2-4,6-7,9-10H2,1H3. The first kappa shape index (κ1) is 11.6. The monoisotopic (exact) mass is 222 g/mol. The molecule has 0 aromatic carbocycles. The Labute approximate surface area is 97.7 Å². The van der Waals surface area contributed by atoms with Gasteiger partial charge >= 0.3 is 0 Å². The predicted molar refractivity (Wildman–Crippen MR) is 65.3 cm³/mol. The van der Waals surface area contributed by atoms with Crippen molar-refractivity contribution in [2.24, 2.45) is 5.92 Å². The van der Waals surface area contributed by atoms with Crippen LogP contribution in [-0.4, -0.2) is 47.7 Å². The maximum atomic E-state index is 4.03. The molecule has 2 heterocycles. The predicted octanol–water partition coefficient (Wildman–Crippen LogP) is 0.814. The van der Waals surface area contributed by atoms with Gasteiger partial charge in [-0.05, 0) is 38.9 Å². The van der Waals surface area contributed by atoms with Crippen molar-refractivity contribution < 1.29 is 0 Å². The molecule has 1 N–H and O–H groups in total. The molecule has 0 radical (unpaired) electrons. The summed E-state index contributed by atoms with van der Waals surface area (Å²) in [7, 11) is 2.22. The summed E-state index contributed by atoms with van der Waals surface area (Å²) in [5, 5.41) is 3.54. The number of aromatic nitrogens is 2. The maximum Gasteiger partial charge on any atom is 0.0946 e. The van der Waals surface area contributed by atoms with Gasteiger partial charge in [0.25, 0.3) is 0 Å². The van der Waals surface area contributed by atoms with Gasteiger partial charge in [-0.25, -0.2) is 4.98 Å². The highest BCUT2D eigenvalue weighted by atomic mass is 15.1. The van der Waals surface area contributed by atoms with Gasteiger partial charge in [0, 0.05) is 32.0 Å². The lowest BCUT2D eigenvalue weighted by Gasteiger charge is -2.29. The minimum absolute atomic E-state index is 0.835. The Bertz CT molecular complexity index is 283. The number of nitrogens with zero attached hydrogens (tertiary/aromatic N) is 3. The van der Waals surface area contributed by atoms with Crippen molar-refractivity contribution in [3.63, 3.8) is 0 Å². The van der Waals surface area contributed by atoms with E-state index in [1.165, 1.54) is 25.9 Å². The SMILES string of the molecule is CN1CCCC(CNCCn2ccnc2)C1. The average molecular weight is 222 g/mol. The summed E-state index contributed by atoms with van der Waals surface area (Å²) in [6, 6.07) is 0. The molecule has 0 amide bonds. The van der Waals surface area contributed by atoms with Crippen LogP contribution in [0.5, 0.6) is 0 Å². The molecule has 1 atom stereocenters. The molecule has 4 heteroatoms. The Morgan fingerprint density at radius 3 is 3.19 bits per heavy atom. The van der Waals surface area contributed by atoms with Crippen molar-refractivity contribution in [1.29, 1.82) is 0 Å². The zero-order chi connectivity index (χ0) is 11.2. The molecule has 1 saturated heterocycles. The number of hydrogen-bond donors (Lipinski definition) is 1. The molecule has 16 heavy (non-hydrogen) atoms. The van der Waals surface area contributed by atoms with Gasteiger partial charge in [-0.15, -0.1) is 0 Å². The van der Waals surface area contributed by atoms with Crippen molar-refractivity contribution in [1.82, 2.24) is 19.8 Å². The van der Waals surface area contributed by atoms with E-state index in [0.29, 0.717) is 0 Å². The Balaban J connectivity index is 1.57. The van der Waals surface area contributed by atoms with E-state index in [4.69, 9.17) is 0 Å². The normalized spacial score (nSPS) is 22.4. The highest BCUT2D eigenvalue weighted by Crippen LogP contribution is 2.13. The highest BCUT2D eigenvalue weighted by molar-refractivity contribution is 4.75. The molecule has 2 rings (SSSR count). The summed E-state index contributed by atoms with van der Waals surface area (Å²) in [5.41, 5.74) is 0. The molecule has 90 valence electrons. The van der Waals surface area contributed by atoms with E-state index in [1.54, 1.807) is 0 Å². The molecular formula is C12H22N4. The fourth-order valence-electron chi connectivity index (χ4n) is 2.37. The first-order valence-electron chi connectivity index (χ1n) is 6.19. The van der Waals surface area contributed by atoms with Crippen LogP contribution in [0.4, 0.5) is 0 Å². The molecule has 0 aliphatic carbocycles. The summed E-state index contributed by atoms with van der Waals surface area (Å²) in [4.78, 5) is 6.47. The van der Waals surface area contributed by atoms with Crippen LogP contribution >= 0.6 is 0 Å². The van der Waals surface area contributed by atoms with E-state index < -0.39 is 0 Å². The van der Waals surface area contributed by atoms with Gasteiger partial charge in [-0.2, -0.15) is 0 Å². The van der Waals surface area contributed by atoms with Crippen molar-refractivity contribution in [3.8, 4) is 0 Å². The van der Waals surface area contributed by atoms with Crippen LogP contribution in [0.3, 0.4) is 0 Å². The van der Waals surface area contributed by atoms with Crippen LogP contribution in [0.1, 0.15) is 12.8 Å². The van der Waals surface area contributed by atoms with Gasteiger partial charge in [-0.1, -0.05) is 0 Å². The molecule has 0 bridgehead atoms. The third-order valence-electron chi connectivity index (χ3n) is 3.26. The average Bonchev–Trinajstić information content (AvgIpc) is 2.77. The summed E-state index contributed by atoms with van der Waals surface area (Å²) >= 11 is 0. The molecule has 1 aromatic rings. The summed E-state index contributed by atoms with van der Waals surface area (Å²) in [6.45, 7) is 5.72. The van der Waals surface area contributed by atoms with E-state index in [1.807, 2.05) is 18.7 Å². The lowest BCUT2D eigenvalue weighted by molar-refractivity contribution is 0.206. The fraction of sp³-hybridized carbons (Fsp3) is 0.750. The lowest BCUT2D eigenvalue weighted by Crippen LogP contribution is -2.38. The third kappa shape index (κ3) is 3.61. The van der Waals surface area contributed by atoms with Gasteiger partial charge in [0.1, 0.15) is 0 Å². The zero-order valence-electron chi connectivity index (χ0n) is 10.1. The Hall–Kier alpha value is -0.870. The first-order chi connectivity index (χ1) is 7.84. The van der Waals surface area contributed by atoms with Crippen molar-refractivity contribution in [2.45, 2.75) is 19.4 Å². The van der Waals surface area contributed by atoms with Gasteiger partial charge in [-0.3, -0.25) is 0 Å². The quantitative estimate of drug-likeness (QED) is 0.749. The van der Waals surface area contributed by atoms with Crippen LogP contribution in [0.2, 0.25) is 0 Å². The van der Waals surface area contributed by atoms with Crippen LogP contribution in [0, 0.1) is 5.92 Å². The lowest BCUT2D eigenvalue weighted by atomic mass is 9.98. The highest BCUT2D eigenvalue weighted by Gasteiger charge is 2.16. The summed E-state index contributed by atoms with van der Waals surface area (Å²) < 4.78 is 2.11. The molecule has 1 unspecified atom stereocenters. The number of nitrogens with one attached hydrogen (secondary N) is 1. The van der Waals surface area contributed by atoms with Crippen molar-refractivity contribution in [2.75, 3.05) is 33.2 Å². The largest absolute Gasteiger partial charge is 0.336 e.